The van der Waals surface area contributed by atoms with Gasteiger partial charge in [-0.2, -0.15) is 0 Å². The van der Waals surface area contributed by atoms with Gasteiger partial charge in [-0.25, -0.2) is 4.90 Å². The molecule has 0 bridgehead atoms. The summed E-state index contributed by atoms with van der Waals surface area (Å²) in [4.78, 5) is 28.6. The van der Waals surface area contributed by atoms with E-state index in [4.69, 9.17) is 9.47 Å². The molecule has 2 aliphatic rings. The Bertz CT molecular complexity index is 1360. The smallest absolute Gasteiger partial charge is 0.282 e. The summed E-state index contributed by atoms with van der Waals surface area (Å²) in [5.41, 5.74) is 6.60. The van der Waals surface area contributed by atoms with Crippen LogP contribution in [0, 0.1) is 27.7 Å². The van der Waals surface area contributed by atoms with Crippen molar-refractivity contribution in [3.63, 3.8) is 0 Å². The van der Waals surface area contributed by atoms with E-state index in [1.165, 1.54) is 4.90 Å². The fourth-order valence-electron chi connectivity index (χ4n) is 4.20. The highest BCUT2D eigenvalue weighted by molar-refractivity contribution is 6.46. The van der Waals surface area contributed by atoms with E-state index in [1.54, 1.807) is 18.2 Å². The molecule has 2 aliphatic heterocycles. The van der Waals surface area contributed by atoms with Crippen LogP contribution in [0.25, 0.3) is 5.57 Å². The molecule has 0 unspecified atom stereocenters. The largest absolute Gasteiger partial charge is 0.454 e. The van der Waals surface area contributed by atoms with Crippen molar-refractivity contribution in [2.75, 3.05) is 17.0 Å². The highest BCUT2D eigenvalue weighted by atomic mass is 16.7. The molecule has 3 aromatic carbocycles. The third-order valence-corrected chi connectivity index (χ3v) is 6.11. The zero-order valence-electron chi connectivity index (χ0n) is 19.0. The Kier molecular flexibility index (Phi) is 4.93. The van der Waals surface area contributed by atoms with Crippen molar-refractivity contribution in [1.82, 2.24) is 0 Å². The van der Waals surface area contributed by atoms with E-state index < -0.39 is 5.91 Å². The zero-order chi connectivity index (χ0) is 23.3. The third-order valence-electron chi connectivity index (χ3n) is 6.11. The van der Waals surface area contributed by atoms with Crippen LogP contribution in [-0.4, -0.2) is 18.6 Å². The van der Waals surface area contributed by atoms with E-state index in [9.17, 15) is 9.59 Å². The molecule has 2 amide bonds. The van der Waals surface area contributed by atoms with Crippen molar-refractivity contribution >= 4 is 28.8 Å². The van der Waals surface area contributed by atoms with Gasteiger partial charge in [0.25, 0.3) is 11.8 Å². The van der Waals surface area contributed by atoms with Crippen molar-refractivity contribution in [2.24, 2.45) is 0 Å². The number of nitrogens with one attached hydrogen (secondary N) is 1. The molecule has 0 aromatic heterocycles. The van der Waals surface area contributed by atoms with Crippen molar-refractivity contribution in [3.8, 4) is 11.5 Å². The number of aryl methyl sites for hydroxylation is 4. The molecule has 2 heterocycles. The van der Waals surface area contributed by atoms with Gasteiger partial charge in [-0.15, -0.1) is 0 Å². The Morgan fingerprint density at radius 1 is 0.758 bits per heavy atom. The molecule has 0 fully saturated rings. The Morgan fingerprint density at radius 3 is 2.30 bits per heavy atom. The van der Waals surface area contributed by atoms with Crippen molar-refractivity contribution in [1.29, 1.82) is 0 Å². The molecule has 5 rings (SSSR count). The second-order valence-corrected chi connectivity index (χ2v) is 8.48. The minimum absolute atomic E-state index is 0.160. The third kappa shape index (κ3) is 3.53. The topological polar surface area (TPSA) is 67.9 Å². The average molecular weight is 440 g/mol. The number of ether oxygens (including phenoxy) is 2. The van der Waals surface area contributed by atoms with Crippen LogP contribution in [0.1, 0.15) is 27.8 Å². The molecule has 33 heavy (non-hydrogen) atoms. The summed E-state index contributed by atoms with van der Waals surface area (Å²) in [6, 6.07) is 16.8. The van der Waals surface area contributed by atoms with E-state index in [1.807, 2.05) is 64.1 Å². The summed E-state index contributed by atoms with van der Waals surface area (Å²) in [5.74, 6) is 0.502. The molecule has 0 atom stereocenters. The van der Waals surface area contributed by atoms with Crippen LogP contribution in [0.3, 0.4) is 0 Å². The SMILES string of the molecule is Cc1ccc(N2C(=O)C(Nc3ccc4c(c3)OCO4)=C(c3ccc(C)c(C)c3)C2=O)c(C)c1. The van der Waals surface area contributed by atoms with E-state index >= 15 is 0 Å². The lowest BCUT2D eigenvalue weighted by Crippen LogP contribution is -2.33. The molecule has 6 heteroatoms. The Hall–Kier alpha value is -4.06. The molecule has 0 saturated heterocycles. The highest BCUT2D eigenvalue weighted by Crippen LogP contribution is 2.38. The number of amides is 2. The first kappa shape index (κ1) is 20.8. The van der Waals surface area contributed by atoms with Gasteiger partial charge in [0.05, 0.1) is 11.3 Å². The van der Waals surface area contributed by atoms with Gasteiger partial charge >= 0.3 is 0 Å². The monoisotopic (exact) mass is 440 g/mol. The summed E-state index contributed by atoms with van der Waals surface area (Å²) in [5, 5.41) is 3.20. The Morgan fingerprint density at radius 2 is 1.55 bits per heavy atom. The van der Waals surface area contributed by atoms with Crippen LogP contribution >= 0.6 is 0 Å². The lowest BCUT2D eigenvalue weighted by molar-refractivity contribution is -0.120. The van der Waals surface area contributed by atoms with Crippen LogP contribution in [0.5, 0.6) is 11.5 Å². The molecule has 166 valence electrons. The number of hydrogen-bond acceptors (Lipinski definition) is 5. The minimum atomic E-state index is -0.391. The summed E-state index contributed by atoms with van der Waals surface area (Å²) < 4.78 is 10.9. The summed E-state index contributed by atoms with van der Waals surface area (Å²) in [6.45, 7) is 8.06. The minimum Gasteiger partial charge on any atom is -0.454 e. The predicted molar refractivity (Wildman–Crippen MR) is 127 cm³/mol. The first-order valence-corrected chi connectivity index (χ1v) is 10.8. The molecule has 1 N–H and O–H groups in total. The highest BCUT2D eigenvalue weighted by Gasteiger charge is 2.41. The zero-order valence-corrected chi connectivity index (χ0v) is 19.0. The summed E-state index contributed by atoms with van der Waals surface area (Å²) >= 11 is 0. The fraction of sp³-hybridized carbons (Fsp3) is 0.185. The first-order chi connectivity index (χ1) is 15.8. The maximum atomic E-state index is 13.7. The molecular weight excluding hydrogens is 416 g/mol. The van der Waals surface area contributed by atoms with Crippen LogP contribution in [0.4, 0.5) is 11.4 Å². The number of nitrogens with zero attached hydrogens (tertiary/aromatic N) is 1. The lowest BCUT2D eigenvalue weighted by atomic mass is 9.99. The van der Waals surface area contributed by atoms with Crippen molar-refractivity contribution in [3.05, 3.63) is 88.1 Å². The van der Waals surface area contributed by atoms with Crippen molar-refractivity contribution in [2.45, 2.75) is 27.7 Å². The van der Waals surface area contributed by atoms with Crippen molar-refractivity contribution < 1.29 is 19.1 Å². The first-order valence-electron chi connectivity index (χ1n) is 10.8. The van der Waals surface area contributed by atoms with Crippen LogP contribution in [0.15, 0.2) is 60.3 Å². The predicted octanol–water partition coefficient (Wildman–Crippen LogP) is 5.05. The van der Waals surface area contributed by atoms with Gasteiger partial charge in [-0.05, 0) is 68.1 Å². The Labute approximate surface area is 192 Å². The molecular formula is C27H24N2O4. The second kappa shape index (κ2) is 7.81. The van der Waals surface area contributed by atoms with E-state index in [2.05, 4.69) is 5.32 Å². The second-order valence-electron chi connectivity index (χ2n) is 8.48. The Balaban J connectivity index is 1.63. The number of benzene rings is 3. The van der Waals surface area contributed by atoms with Gasteiger partial charge in [0.2, 0.25) is 6.79 Å². The van der Waals surface area contributed by atoms with Gasteiger partial charge < -0.3 is 14.8 Å². The van der Waals surface area contributed by atoms with Gasteiger partial charge in [0.15, 0.2) is 11.5 Å². The fourth-order valence-corrected chi connectivity index (χ4v) is 4.20. The number of hydrogen-bond donors (Lipinski definition) is 1. The molecule has 0 saturated carbocycles. The average Bonchev–Trinajstić information content (AvgIpc) is 3.33. The number of carbonyl (C=O) groups excluding carboxylic acids is 2. The lowest BCUT2D eigenvalue weighted by Gasteiger charge is -2.18. The molecule has 0 spiro atoms. The van der Waals surface area contributed by atoms with Crippen LogP contribution in [0.2, 0.25) is 0 Å². The number of fused-ring (bicyclic) bond motifs is 1. The van der Waals surface area contributed by atoms with Crippen LogP contribution in [-0.2, 0) is 9.59 Å². The normalized spacial score (nSPS) is 15.0. The maximum Gasteiger partial charge on any atom is 0.282 e. The van der Waals surface area contributed by atoms with Gasteiger partial charge in [-0.3, -0.25) is 9.59 Å². The van der Waals surface area contributed by atoms with Gasteiger partial charge in [0, 0.05) is 11.8 Å². The van der Waals surface area contributed by atoms with E-state index in [0.717, 1.165) is 22.3 Å². The molecule has 0 radical (unpaired) electrons. The van der Waals surface area contributed by atoms with Gasteiger partial charge in [0.1, 0.15) is 5.70 Å². The standard InChI is InChI=1S/C27H24N2O4/c1-15-5-9-21(18(4)11-15)29-26(30)24(19-7-6-16(2)17(3)12-19)25(27(29)31)28-20-8-10-22-23(13-20)33-14-32-22/h5-13,28H,14H2,1-4H3. The number of carbonyl (C=O) groups is 2. The number of imide groups is 1. The van der Waals surface area contributed by atoms with E-state index in [0.29, 0.717) is 34.0 Å². The van der Waals surface area contributed by atoms with Crippen LogP contribution < -0.4 is 19.7 Å². The quantitative estimate of drug-likeness (QED) is 0.576. The number of anilines is 2. The molecule has 3 aromatic rings. The maximum absolute atomic E-state index is 13.7. The number of rotatable bonds is 4. The molecule has 6 nitrogen and oxygen atoms in total. The van der Waals surface area contributed by atoms with Gasteiger partial charge in [-0.1, -0.05) is 35.9 Å². The van der Waals surface area contributed by atoms with E-state index in [-0.39, 0.29) is 18.4 Å². The summed E-state index contributed by atoms with van der Waals surface area (Å²) in [6.07, 6.45) is 0. The summed E-state index contributed by atoms with van der Waals surface area (Å²) in [7, 11) is 0. The molecule has 0 aliphatic carbocycles.